The predicted molar refractivity (Wildman–Crippen MR) is 82.0 cm³/mol. The average Bonchev–Trinajstić information content (AvgIpc) is 2.38. The second-order valence-corrected chi connectivity index (χ2v) is 5.48. The molecular formula is C16H26N2O2. The molecule has 0 radical (unpaired) electrons. The largest absolute Gasteiger partial charge is 0.493 e. The molecule has 4 nitrogen and oxygen atoms in total. The van der Waals surface area contributed by atoms with Gasteiger partial charge in [0, 0.05) is 6.42 Å². The van der Waals surface area contributed by atoms with Gasteiger partial charge in [-0.25, -0.2) is 0 Å². The zero-order valence-corrected chi connectivity index (χ0v) is 13.2. The summed E-state index contributed by atoms with van der Waals surface area (Å²) < 4.78 is 5.89. The van der Waals surface area contributed by atoms with Crippen molar-refractivity contribution in [3.8, 4) is 5.75 Å². The number of hydrogen-bond donors (Lipinski definition) is 2. The van der Waals surface area contributed by atoms with Gasteiger partial charge in [-0.3, -0.25) is 4.79 Å². The highest BCUT2D eigenvalue weighted by molar-refractivity contribution is 5.84. The molecule has 0 bridgehead atoms. The van der Waals surface area contributed by atoms with Gasteiger partial charge in [-0.1, -0.05) is 19.1 Å². The van der Waals surface area contributed by atoms with Gasteiger partial charge in [-0.2, -0.15) is 0 Å². The van der Waals surface area contributed by atoms with Gasteiger partial charge in [-0.15, -0.1) is 0 Å². The lowest BCUT2D eigenvalue weighted by atomic mass is 9.97. The van der Waals surface area contributed by atoms with Crippen LogP contribution in [0.3, 0.4) is 0 Å². The Kier molecular flexibility index (Phi) is 5.57. The zero-order valence-electron chi connectivity index (χ0n) is 13.2. The van der Waals surface area contributed by atoms with Crippen molar-refractivity contribution in [2.45, 2.75) is 46.6 Å². The first-order chi connectivity index (χ1) is 9.31. The summed E-state index contributed by atoms with van der Waals surface area (Å²) in [5.41, 5.74) is 8.20. The van der Waals surface area contributed by atoms with Crippen molar-refractivity contribution >= 4 is 5.91 Å². The van der Waals surface area contributed by atoms with Gasteiger partial charge in [0.05, 0.1) is 12.1 Å². The summed E-state index contributed by atoms with van der Waals surface area (Å²) in [4.78, 5) is 11.5. The van der Waals surface area contributed by atoms with Crippen LogP contribution in [0.5, 0.6) is 5.75 Å². The molecular weight excluding hydrogens is 252 g/mol. The molecule has 1 aromatic rings. The molecule has 4 heteroatoms. The van der Waals surface area contributed by atoms with Crippen LogP contribution in [0.4, 0.5) is 0 Å². The van der Waals surface area contributed by atoms with Crippen LogP contribution in [0, 0.1) is 20.8 Å². The fourth-order valence-electron chi connectivity index (χ4n) is 2.19. The molecule has 1 unspecified atom stereocenters. The van der Waals surface area contributed by atoms with E-state index in [-0.39, 0.29) is 5.91 Å². The fraction of sp³-hybridized carbons (Fsp3) is 0.562. The van der Waals surface area contributed by atoms with E-state index in [1.165, 1.54) is 5.56 Å². The molecule has 0 aliphatic carbocycles. The van der Waals surface area contributed by atoms with Gasteiger partial charge >= 0.3 is 0 Å². The van der Waals surface area contributed by atoms with Crippen LogP contribution in [0.15, 0.2) is 12.1 Å². The molecule has 0 saturated heterocycles. The predicted octanol–water partition coefficient (Wildman–Crippen LogP) is 2.23. The van der Waals surface area contributed by atoms with E-state index in [1.54, 1.807) is 0 Å². The Balaban J connectivity index is 2.73. The van der Waals surface area contributed by atoms with Crippen molar-refractivity contribution in [2.75, 3.05) is 13.2 Å². The number of likely N-dealkylation sites (N-methyl/N-ethyl adjacent to an activating group) is 1. The number of carbonyl (C=O) groups is 1. The van der Waals surface area contributed by atoms with Crippen molar-refractivity contribution in [3.63, 3.8) is 0 Å². The molecule has 0 heterocycles. The molecule has 0 aromatic heterocycles. The van der Waals surface area contributed by atoms with Crippen LogP contribution >= 0.6 is 0 Å². The lowest BCUT2D eigenvalue weighted by molar-refractivity contribution is -0.124. The van der Waals surface area contributed by atoms with Gasteiger partial charge in [-0.05, 0) is 50.9 Å². The van der Waals surface area contributed by atoms with E-state index in [2.05, 4.69) is 31.3 Å². The monoisotopic (exact) mass is 278 g/mol. The Morgan fingerprint density at radius 1 is 1.30 bits per heavy atom. The highest BCUT2D eigenvalue weighted by atomic mass is 16.5. The van der Waals surface area contributed by atoms with Gasteiger partial charge in [0.2, 0.25) is 5.91 Å². The lowest BCUT2D eigenvalue weighted by Crippen LogP contribution is -2.53. The third-order valence-corrected chi connectivity index (χ3v) is 3.83. The van der Waals surface area contributed by atoms with Crippen LogP contribution in [0.25, 0.3) is 0 Å². The quantitative estimate of drug-likeness (QED) is 0.804. The average molecular weight is 278 g/mol. The number of aryl methyl sites for hydroxylation is 2. The number of nitrogens with two attached hydrogens (primary N) is 1. The van der Waals surface area contributed by atoms with Crippen molar-refractivity contribution in [3.05, 3.63) is 28.8 Å². The number of amides is 1. The van der Waals surface area contributed by atoms with Crippen molar-refractivity contribution in [1.29, 1.82) is 0 Å². The van der Waals surface area contributed by atoms with Crippen LogP contribution < -0.4 is 15.8 Å². The molecule has 112 valence electrons. The SMILES string of the molecule is CCNC(C)(CCOc1c(C)ccc(C)c1C)C(N)=O. The second kappa shape index (κ2) is 6.75. The summed E-state index contributed by atoms with van der Waals surface area (Å²) in [7, 11) is 0. The molecule has 20 heavy (non-hydrogen) atoms. The number of rotatable bonds is 7. The third-order valence-electron chi connectivity index (χ3n) is 3.83. The first-order valence-corrected chi connectivity index (χ1v) is 7.06. The van der Waals surface area contributed by atoms with E-state index in [0.29, 0.717) is 19.6 Å². The summed E-state index contributed by atoms with van der Waals surface area (Å²) in [5.74, 6) is 0.564. The highest BCUT2D eigenvalue weighted by Crippen LogP contribution is 2.26. The molecule has 0 spiro atoms. The van der Waals surface area contributed by atoms with E-state index in [4.69, 9.17) is 10.5 Å². The standard InChI is InChI=1S/C16H26N2O2/c1-6-18-16(5,15(17)19)9-10-20-14-12(3)8-7-11(2)13(14)4/h7-8,18H,6,9-10H2,1-5H3,(H2,17,19). The molecule has 1 rings (SSSR count). The molecule has 0 fully saturated rings. The van der Waals surface area contributed by atoms with Gasteiger partial charge in [0.15, 0.2) is 0 Å². The van der Waals surface area contributed by atoms with Crippen LogP contribution in [0.2, 0.25) is 0 Å². The Bertz CT molecular complexity index is 486. The minimum absolute atomic E-state index is 0.347. The Morgan fingerprint density at radius 3 is 2.45 bits per heavy atom. The van der Waals surface area contributed by atoms with E-state index in [9.17, 15) is 4.79 Å². The minimum Gasteiger partial charge on any atom is -0.493 e. The molecule has 1 aromatic carbocycles. The molecule has 0 saturated carbocycles. The first-order valence-electron chi connectivity index (χ1n) is 7.06. The third kappa shape index (κ3) is 3.73. The second-order valence-electron chi connectivity index (χ2n) is 5.48. The summed E-state index contributed by atoms with van der Waals surface area (Å²) in [6.45, 7) is 11.1. The van der Waals surface area contributed by atoms with Crippen molar-refractivity contribution in [1.82, 2.24) is 5.32 Å². The van der Waals surface area contributed by atoms with Crippen LogP contribution in [-0.2, 0) is 4.79 Å². The molecule has 3 N–H and O–H groups in total. The lowest BCUT2D eigenvalue weighted by Gasteiger charge is -2.27. The number of benzene rings is 1. The number of carbonyl (C=O) groups excluding carboxylic acids is 1. The fourth-order valence-corrected chi connectivity index (χ4v) is 2.19. The summed E-state index contributed by atoms with van der Waals surface area (Å²) in [6.07, 6.45) is 0.545. The maximum absolute atomic E-state index is 11.5. The van der Waals surface area contributed by atoms with Crippen molar-refractivity contribution in [2.24, 2.45) is 5.73 Å². The maximum atomic E-state index is 11.5. The zero-order chi connectivity index (χ0) is 15.3. The van der Waals surface area contributed by atoms with E-state index in [1.807, 2.05) is 20.8 Å². The minimum atomic E-state index is -0.722. The van der Waals surface area contributed by atoms with Gasteiger partial charge in [0.1, 0.15) is 5.75 Å². The Labute approximate surface area is 121 Å². The van der Waals surface area contributed by atoms with Crippen LogP contribution in [-0.4, -0.2) is 24.6 Å². The molecule has 1 atom stereocenters. The number of hydrogen-bond acceptors (Lipinski definition) is 3. The summed E-state index contributed by atoms with van der Waals surface area (Å²) in [5, 5.41) is 3.13. The van der Waals surface area contributed by atoms with Gasteiger partial charge < -0.3 is 15.8 Å². The Morgan fingerprint density at radius 2 is 1.90 bits per heavy atom. The molecule has 1 amide bonds. The Hall–Kier alpha value is -1.55. The van der Waals surface area contributed by atoms with E-state index >= 15 is 0 Å². The normalized spacial score (nSPS) is 13.8. The summed E-state index contributed by atoms with van der Waals surface area (Å²) in [6, 6.07) is 4.14. The van der Waals surface area contributed by atoms with Gasteiger partial charge in [0.25, 0.3) is 0 Å². The van der Waals surface area contributed by atoms with Crippen LogP contribution in [0.1, 0.15) is 37.0 Å². The maximum Gasteiger partial charge on any atom is 0.237 e. The molecule has 0 aliphatic heterocycles. The number of ether oxygens (including phenoxy) is 1. The smallest absolute Gasteiger partial charge is 0.237 e. The molecule has 0 aliphatic rings. The van der Waals surface area contributed by atoms with E-state index in [0.717, 1.165) is 16.9 Å². The topological polar surface area (TPSA) is 64.3 Å². The first kappa shape index (κ1) is 16.5. The summed E-state index contributed by atoms with van der Waals surface area (Å²) >= 11 is 0. The highest BCUT2D eigenvalue weighted by Gasteiger charge is 2.29. The number of primary amides is 1. The number of nitrogens with one attached hydrogen (secondary N) is 1. The van der Waals surface area contributed by atoms with E-state index < -0.39 is 5.54 Å². The van der Waals surface area contributed by atoms with Crippen molar-refractivity contribution < 1.29 is 9.53 Å².